The SMILES string of the molecule is CC(CN1CCC(OCCCN)CC1)C(N)=O. The molecular weight excluding hydrogens is 218 g/mol. The molecule has 1 saturated heterocycles. The number of hydrogen-bond donors (Lipinski definition) is 2. The summed E-state index contributed by atoms with van der Waals surface area (Å²) in [5.41, 5.74) is 10.7. The average molecular weight is 243 g/mol. The van der Waals surface area contributed by atoms with Gasteiger partial charge in [-0.2, -0.15) is 0 Å². The molecule has 1 fully saturated rings. The highest BCUT2D eigenvalue weighted by atomic mass is 16.5. The second kappa shape index (κ2) is 7.63. The summed E-state index contributed by atoms with van der Waals surface area (Å²) in [5.74, 6) is -0.281. The summed E-state index contributed by atoms with van der Waals surface area (Å²) in [5, 5.41) is 0. The highest BCUT2D eigenvalue weighted by molar-refractivity contribution is 5.76. The van der Waals surface area contributed by atoms with Crippen molar-refractivity contribution in [1.29, 1.82) is 0 Å². The van der Waals surface area contributed by atoms with Crippen molar-refractivity contribution in [3.05, 3.63) is 0 Å². The molecule has 1 aliphatic rings. The van der Waals surface area contributed by atoms with Gasteiger partial charge in [-0.1, -0.05) is 6.92 Å². The third-order valence-electron chi connectivity index (χ3n) is 3.25. The fraction of sp³-hybridized carbons (Fsp3) is 0.917. The van der Waals surface area contributed by atoms with Crippen LogP contribution in [0.5, 0.6) is 0 Å². The smallest absolute Gasteiger partial charge is 0.221 e. The Morgan fingerprint density at radius 1 is 1.47 bits per heavy atom. The fourth-order valence-corrected chi connectivity index (χ4v) is 2.07. The van der Waals surface area contributed by atoms with E-state index in [4.69, 9.17) is 16.2 Å². The number of nitrogens with two attached hydrogens (primary N) is 2. The Balaban J connectivity index is 2.15. The molecule has 0 aromatic rings. The zero-order valence-electron chi connectivity index (χ0n) is 10.7. The van der Waals surface area contributed by atoms with Gasteiger partial charge >= 0.3 is 0 Å². The van der Waals surface area contributed by atoms with E-state index in [1.807, 2.05) is 6.92 Å². The van der Waals surface area contributed by atoms with E-state index in [9.17, 15) is 4.79 Å². The fourth-order valence-electron chi connectivity index (χ4n) is 2.07. The third kappa shape index (κ3) is 5.48. The van der Waals surface area contributed by atoms with Crippen molar-refractivity contribution in [2.75, 3.05) is 32.8 Å². The Bertz CT molecular complexity index is 228. The highest BCUT2D eigenvalue weighted by Gasteiger charge is 2.22. The van der Waals surface area contributed by atoms with E-state index in [1.54, 1.807) is 0 Å². The number of primary amides is 1. The van der Waals surface area contributed by atoms with E-state index in [0.717, 1.165) is 45.5 Å². The molecule has 5 heteroatoms. The Kier molecular flexibility index (Phi) is 6.47. The first kappa shape index (κ1) is 14.4. The number of rotatable bonds is 7. The molecule has 5 nitrogen and oxygen atoms in total. The molecule has 4 N–H and O–H groups in total. The van der Waals surface area contributed by atoms with Crippen molar-refractivity contribution in [1.82, 2.24) is 4.90 Å². The van der Waals surface area contributed by atoms with Gasteiger partial charge in [0, 0.05) is 32.2 Å². The van der Waals surface area contributed by atoms with Gasteiger partial charge < -0.3 is 21.1 Å². The second-order valence-corrected chi connectivity index (χ2v) is 4.82. The van der Waals surface area contributed by atoms with Crippen molar-refractivity contribution < 1.29 is 9.53 Å². The number of carbonyl (C=O) groups is 1. The second-order valence-electron chi connectivity index (χ2n) is 4.82. The summed E-state index contributed by atoms with van der Waals surface area (Å²) in [4.78, 5) is 13.3. The topological polar surface area (TPSA) is 81.6 Å². The third-order valence-corrected chi connectivity index (χ3v) is 3.25. The van der Waals surface area contributed by atoms with E-state index >= 15 is 0 Å². The molecule has 1 heterocycles. The summed E-state index contributed by atoms with van der Waals surface area (Å²) in [6.45, 7) is 6.08. The molecule has 0 bridgehead atoms. The Hall–Kier alpha value is -0.650. The molecule has 1 rings (SSSR count). The van der Waals surface area contributed by atoms with Crippen LogP contribution in [0.15, 0.2) is 0 Å². The molecule has 0 aromatic carbocycles. The number of hydrogen-bond acceptors (Lipinski definition) is 4. The predicted octanol–water partition coefficient (Wildman–Crippen LogP) is -0.0624. The van der Waals surface area contributed by atoms with E-state index < -0.39 is 0 Å². The molecular formula is C12H25N3O2. The van der Waals surface area contributed by atoms with Gasteiger partial charge in [0.15, 0.2) is 0 Å². The van der Waals surface area contributed by atoms with Crippen LogP contribution in [-0.4, -0.2) is 49.7 Å². The average Bonchev–Trinajstić information content (AvgIpc) is 2.31. The van der Waals surface area contributed by atoms with Crippen LogP contribution < -0.4 is 11.5 Å². The van der Waals surface area contributed by atoms with Crippen LogP contribution in [0.2, 0.25) is 0 Å². The van der Waals surface area contributed by atoms with Gasteiger partial charge in [-0.3, -0.25) is 4.79 Å². The molecule has 100 valence electrons. The number of nitrogens with zero attached hydrogens (tertiary/aromatic N) is 1. The van der Waals surface area contributed by atoms with E-state index in [2.05, 4.69) is 4.90 Å². The van der Waals surface area contributed by atoms with Gasteiger partial charge in [0.2, 0.25) is 5.91 Å². The van der Waals surface area contributed by atoms with Crippen LogP contribution >= 0.6 is 0 Å². The Morgan fingerprint density at radius 3 is 2.65 bits per heavy atom. The molecule has 0 aliphatic carbocycles. The standard InChI is InChI=1S/C12H25N3O2/c1-10(12(14)16)9-15-6-3-11(4-7-15)17-8-2-5-13/h10-11H,2-9,13H2,1H3,(H2,14,16). The summed E-state index contributed by atoms with van der Waals surface area (Å²) >= 11 is 0. The molecule has 0 radical (unpaired) electrons. The lowest BCUT2D eigenvalue weighted by Gasteiger charge is -2.32. The largest absolute Gasteiger partial charge is 0.378 e. The molecule has 1 unspecified atom stereocenters. The van der Waals surface area contributed by atoms with Crippen LogP contribution in [0.3, 0.4) is 0 Å². The van der Waals surface area contributed by atoms with Gasteiger partial charge in [0.05, 0.1) is 6.10 Å². The molecule has 0 spiro atoms. The predicted molar refractivity (Wildman–Crippen MR) is 67.4 cm³/mol. The summed E-state index contributed by atoms with van der Waals surface area (Å²) in [6.07, 6.45) is 3.37. The van der Waals surface area contributed by atoms with Gasteiger partial charge in [0.25, 0.3) is 0 Å². The first-order chi connectivity index (χ1) is 8.13. The zero-order chi connectivity index (χ0) is 12.7. The number of carbonyl (C=O) groups excluding carboxylic acids is 1. The lowest BCUT2D eigenvalue weighted by Crippen LogP contribution is -2.41. The monoisotopic (exact) mass is 243 g/mol. The van der Waals surface area contributed by atoms with Crippen molar-refractivity contribution in [3.8, 4) is 0 Å². The lowest BCUT2D eigenvalue weighted by molar-refractivity contribution is -0.122. The number of piperidine rings is 1. The van der Waals surface area contributed by atoms with Crippen LogP contribution in [0.1, 0.15) is 26.2 Å². The lowest BCUT2D eigenvalue weighted by atomic mass is 10.1. The maximum atomic E-state index is 11.0. The van der Waals surface area contributed by atoms with Gasteiger partial charge in [-0.05, 0) is 25.8 Å². The maximum absolute atomic E-state index is 11.0. The maximum Gasteiger partial charge on any atom is 0.221 e. The van der Waals surface area contributed by atoms with Crippen LogP contribution in [-0.2, 0) is 9.53 Å². The van der Waals surface area contributed by atoms with Crippen LogP contribution in [0.4, 0.5) is 0 Å². The van der Waals surface area contributed by atoms with Gasteiger partial charge in [0.1, 0.15) is 0 Å². The molecule has 1 atom stereocenters. The van der Waals surface area contributed by atoms with E-state index in [0.29, 0.717) is 12.6 Å². The highest BCUT2D eigenvalue weighted by Crippen LogP contribution is 2.15. The minimum Gasteiger partial charge on any atom is -0.378 e. The van der Waals surface area contributed by atoms with Crippen molar-refractivity contribution in [2.24, 2.45) is 17.4 Å². The summed E-state index contributed by atoms with van der Waals surface area (Å²) in [7, 11) is 0. The number of ether oxygens (including phenoxy) is 1. The Morgan fingerprint density at radius 2 is 2.12 bits per heavy atom. The summed E-state index contributed by atoms with van der Waals surface area (Å²) < 4.78 is 5.73. The number of amides is 1. The molecule has 0 saturated carbocycles. The first-order valence-electron chi connectivity index (χ1n) is 6.46. The molecule has 0 aromatic heterocycles. The van der Waals surface area contributed by atoms with Crippen LogP contribution in [0, 0.1) is 5.92 Å². The van der Waals surface area contributed by atoms with Gasteiger partial charge in [-0.25, -0.2) is 0 Å². The Labute approximate surface area is 103 Å². The molecule has 1 amide bonds. The zero-order valence-corrected chi connectivity index (χ0v) is 10.7. The van der Waals surface area contributed by atoms with Gasteiger partial charge in [-0.15, -0.1) is 0 Å². The number of likely N-dealkylation sites (tertiary alicyclic amines) is 1. The van der Waals surface area contributed by atoms with E-state index in [1.165, 1.54) is 0 Å². The molecule has 17 heavy (non-hydrogen) atoms. The first-order valence-corrected chi connectivity index (χ1v) is 6.46. The van der Waals surface area contributed by atoms with Crippen molar-refractivity contribution in [3.63, 3.8) is 0 Å². The van der Waals surface area contributed by atoms with Crippen molar-refractivity contribution >= 4 is 5.91 Å². The normalized spacial score (nSPS) is 20.4. The van der Waals surface area contributed by atoms with Crippen molar-refractivity contribution in [2.45, 2.75) is 32.3 Å². The quantitative estimate of drug-likeness (QED) is 0.614. The summed E-state index contributed by atoms with van der Waals surface area (Å²) in [6, 6.07) is 0. The van der Waals surface area contributed by atoms with E-state index in [-0.39, 0.29) is 11.8 Å². The minimum atomic E-state index is -0.216. The minimum absolute atomic E-state index is 0.0651. The van der Waals surface area contributed by atoms with Crippen LogP contribution in [0.25, 0.3) is 0 Å². The molecule has 1 aliphatic heterocycles.